The number of nitrogen functional groups attached to an aromatic ring is 1. The van der Waals surface area contributed by atoms with Crippen molar-refractivity contribution in [2.45, 2.75) is 13.8 Å². The second-order valence-corrected chi connectivity index (χ2v) is 4.30. The lowest BCUT2D eigenvalue weighted by Gasteiger charge is -2.09. The van der Waals surface area contributed by atoms with E-state index in [1.807, 2.05) is 26.0 Å². The Bertz CT molecular complexity index is 663. The molecule has 102 valence electrons. The monoisotopic (exact) mass is 267 g/mol. The number of nitrogens with zero attached hydrogens (tertiary/aromatic N) is 2. The summed E-state index contributed by atoms with van der Waals surface area (Å²) in [6.07, 6.45) is 7.05. The van der Waals surface area contributed by atoms with E-state index in [0.29, 0.717) is 17.3 Å². The number of pyridine rings is 2. The van der Waals surface area contributed by atoms with Gasteiger partial charge in [-0.25, -0.2) is 4.98 Å². The molecule has 0 saturated heterocycles. The first kappa shape index (κ1) is 13.8. The summed E-state index contributed by atoms with van der Waals surface area (Å²) in [4.78, 5) is 8.34. The van der Waals surface area contributed by atoms with Gasteiger partial charge in [-0.15, -0.1) is 0 Å². The third-order valence-corrected chi connectivity index (χ3v) is 2.87. The van der Waals surface area contributed by atoms with Gasteiger partial charge in [0.2, 0.25) is 0 Å². The van der Waals surface area contributed by atoms with Crippen molar-refractivity contribution in [3.8, 4) is 11.5 Å². The van der Waals surface area contributed by atoms with Crippen molar-refractivity contribution in [1.29, 1.82) is 0 Å². The third-order valence-electron chi connectivity index (χ3n) is 2.87. The Morgan fingerprint density at radius 2 is 2.15 bits per heavy atom. The molecule has 0 radical (unpaired) electrons. The highest BCUT2D eigenvalue weighted by Crippen LogP contribution is 2.26. The lowest BCUT2D eigenvalue weighted by atomic mass is 10.1. The molecule has 0 aromatic carbocycles. The first-order chi connectivity index (χ1) is 9.63. The zero-order valence-corrected chi connectivity index (χ0v) is 11.6. The number of rotatable bonds is 4. The molecule has 2 aromatic rings. The summed E-state index contributed by atoms with van der Waals surface area (Å²) in [6.45, 7) is 7.64. The van der Waals surface area contributed by atoms with E-state index >= 15 is 0 Å². The Morgan fingerprint density at radius 3 is 2.80 bits per heavy atom. The number of anilines is 1. The molecule has 2 N–H and O–H groups in total. The summed E-state index contributed by atoms with van der Waals surface area (Å²) in [5, 5.41) is 0. The fourth-order valence-corrected chi connectivity index (χ4v) is 1.80. The molecule has 0 aliphatic rings. The lowest BCUT2D eigenvalue weighted by molar-refractivity contribution is 0.475. The smallest absolute Gasteiger partial charge is 0.148 e. The van der Waals surface area contributed by atoms with E-state index in [9.17, 15) is 0 Å². The maximum atomic E-state index is 5.82. The molecule has 4 nitrogen and oxygen atoms in total. The van der Waals surface area contributed by atoms with Crippen molar-refractivity contribution in [2.75, 3.05) is 5.73 Å². The van der Waals surface area contributed by atoms with Crippen LogP contribution in [0.15, 0.2) is 49.3 Å². The van der Waals surface area contributed by atoms with Crippen LogP contribution in [0.5, 0.6) is 11.5 Å². The minimum absolute atomic E-state index is 0.480. The van der Waals surface area contributed by atoms with Gasteiger partial charge in [-0.05, 0) is 37.1 Å². The van der Waals surface area contributed by atoms with Crippen LogP contribution in [0.2, 0.25) is 0 Å². The maximum absolute atomic E-state index is 5.82. The van der Waals surface area contributed by atoms with E-state index in [1.54, 1.807) is 30.6 Å². The minimum atomic E-state index is 0.480. The molecule has 0 aliphatic carbocycles. The van der Waals surface area contributed by atoms with Crippen molar-refractivity contribution in [2.24, 2.45) is 0 Å². The van der Waals surface area contributed by atoms with Crippen molar-refractivity contribution in [1.82, 2.24) is 9.97 Å². The highest BCUT2D eigenvalue weighted by atomic mass is 16.5. The van der Waals surface area contributed by atoms with E-state index in [-0.39, 0.29) is 0 Å². The Hall–Kier alpha value is -2.62. The molecule has 4 heteroatoms. The fraction of sp³-hybridized carbons (Fsp3) is 0.125. The van der Waals surface area contributed by atoms with Crippen LogP contribution in [-0.2, 0) is 0 Å². The van der Waals surface area contributed by atoms with Crippen LogP contribution in [0.4, 0.5) is 5.82 Å². The van der Waals surface area contributed by atoms with E-state index in [0.717, 1.165) is 16.8 Å². The van der Waals surface area contributed by atoms with Gasteiger partial charge in [-0.3, -0.25) is 4.98 Å². The van der Waals surface area contributed by atoms with Gasteiger partial charge in [0.1, 0.15) is 17.3 Å². The highest BCUT2D eigenvalue weighted by molar-refractivity contribution is 5.71. The Morgan fingerprint density at radius 1 is 1.35 bits per heavy atom. The lowest BCUT2D eigenvalue weighted by Crippen LogP contribution is -1.95. The van der Waals surface area contributed by atoms with Gasteiger partial charge in [0.05, 0.1) is 11.9 Å². The molecule has 2 aromatic heterocycles. The van der Waals surface area contributed by atoms with Crippen molar-refractivity contribution >= 4 is 11.4 Å². The summed E-state index contributed by atoms with van der Waals surface area (Å²) in [5.74, 6) is 1.86. The van der Waals surface area contributed by atoms with Gasteiger partial charge in [0.15, 0.2) is 0 Å². The molecular formula is C16H17N3O. The fourth-order valence-electron chi connectivity index (χ4n) is 1.80. The summed E-state index contributed by atoms with van der Waals surface area (Å²) >= 11 is 0. The molecule has 2 rings (SSSR count). The molecule has 2 heterocycles. The SMILES string of the molecule is C=C/C(=C\C)c1cc(Oc2cnc(N)cc2C)ccn1. The number of aryl methyl sites for hydroxylation is 1. The van der Waals surface area contributed by atoms with Crippen LogP contribution in [0.1, 0.15) is 18.2 Å². The number of aromatic nitrogens is 2. The van der Waals surface area contributed by atoms with Crippen molar-refractivity contribution in [3.63, 3.8) is 0 Å². The largest absolute Gasteiger partial charge is 0.455 e. The van der Waals surface area contributed by atoms with Crippen molar-refractivity contribution in [3.05, 3.63) is 60.6 Å². The second-order valence-electron chi connectivity index (χ2n) is 4.30. The molecule has 0 bridgehead atoms. The molecule has 20 heavy (non-hydrogen) atoms. The van der Waals surface area contributed by atoms with Crippen molar-refractivity contribution < 1.29 is 4.74 Å². The van der Waals surface area contributed by atoms with E-state index in [2.05, 4.69) is 16.5 Å². The van der Waals surface area contributed by atoms with Gasteiger partial charge in [0.25, 0.3) is 0 Å². The quantitative estimate of drug-likeness (QED) is 0.857. The molecule has 0 unspecified atom stereocenters. The van der Waals surface area contributed by atoms with Crippen LogP contribution < -0.4 is 10.5 Å². The van der Waals surface area contributed by atoms with E-state index in [4.69, 9.17) is 10.5 Å². The molecule has 0 amide bonds. The summed E-state index contributed by atoms with van der Waals surface area (Å²) < 4.78 is 5.82. The standard InChI is InChI=1S/C16H17N3O/c1-4-12(5-2)14-9-13(6-7-18-14)20-15-10-19-16(17)8-11(15)3/h4-10H,1H2,2-3H3,(H2,17,19)/b12-5+. The first-order valence-electron chi connectivity index (χ1n) is 6.29. The molecule has 0 spiro atoms. The number of hydrogen-bond acceptors (Lipinski definition) is 4. The van der Waals surface area contributed by atoms with Crippen LogP contribution >= 0.6 is 0 Å². The molecule has 0 atom stereocenters. The molecule has 0 aliphatic heterocycles. The summed E-state index contributed by atoms with van der Waals surface area (Å²) in [5.41, 5.74) is 8.34. The third kappa shape index (κ3) is 3.03. The highest BCUT2D eigenvalue weighted by Gasteiger charge is 2.05. The maximum Gasteiger partial charge on any atom is 0.148 e. The van der Waals surface area contributed by atoms with Gasteiger partial charge in [-0.2, -0.15) is 0 Å². The molecule has 0 fully saturated rings. The van der Waals surface area contributed by atoms with Crippen LogP contribution in [0.3, 0.4) is 0 Å². The Labute approximate surface area is 118 Å². The predicted octanol–water partition coefficient (Wildman–Crippen LogP) is 3.75. The number of hydrogen-bond donors (Lipinski definition) is 1. The number of ether oxygens (including phenoxy) is 1. The number of nitrogens with two attached hydrogens (primary N) is 1. The average molecular weight is 267 g/mol. The van der Waals surface area contributed by atoms with Crippen LogP contribution in [-0.4, -0.2) is 9.97 Å². The summed E-state index contributed by atoms with van der Waals surface area (Å²) in [7, 11) is 0. The van der Waals surface area contributed by atoms with Gasteiger partial charge in [0, 0.05) is 12.3 Å². The van der Waals surface area contributed by atoms with Gasteiger partial charge in [-0.1, -0.05) is 18.7 Å². The van der Waals surface area contributed by atoms with Crippen LogP contribution in [0.25, 0.3) is 5.57 Å². The topological polar surface area (TPSA) is 61.0 Å². The molecule has 0 saturated carbocycles. The first-order valence-corrected chi connectivity index (χ1v) is 6.29. The van der Waals surface area contributed by atoms with Gasteiger partial charge < -0.3 is 10.5 Å². The average Bonchev–Trinajstić information content (AvgIpc) is 2.44. The zero-order chi connectivity index (χ0) is 14.5. The number of allylic oxidation sites excluding steroid dienone is 3. The minimum Gasteiger partial charge on any atom is -0.455 e. The predicted molar refractivity (Wildman–Crippen MR) is 81.5 cm³/mol. The van der Waals surface area contributed by atoms with E-state index in [1.165, 1.54) is 0 Å². The summed E-state index contributed by atoms with van der Waals surface area (Å²) in [6, 6.07) is 5.45. The Balaban J connectivity index is 2.30. The van der Waals surface area contributed by atoms with Gasteiger partial charge >= 0.3 is 0 Å². The Kier molecular flexibility index (Phi) is 4.15. The molecular weight excluding hydrogens is 250 g/mol. The normalized spacial score (nSPS) is 11.2. The van der Waals surface area contributed by atoms with Crippen LogP contribution in [0, 0.1) is 6.92 Å². The second kappa shape index (κ2) is 6.02. The zero-order valence-electron chi connectivity index (χ0n) is 11.6. The van der Waals surface area contributed by atoms with E-state index < -0.39 is 0 Å².